The molecule has 1 amide bonds. The molecule has 0 spiro atoms. The largest absolute Gasteiger partial charge is 0.427 e. The third-order valence-electron chi connectivity index (χ3n) is 8.00. The molecule has 3 fully saturated rings. The van der Waals surface area contributed by atoms with E-state index in [1.54, 1.807) is 0 Å². The van der Waals surface area contributed by atoms with Crippen molar-refractivity contribution in [3.8, 4) is 0 Å². The van der Waals surface area contributed by atoms with Crippen LogP contribution in [0.4, 0.5) is 16.6 Å². The maximum absolute atomic E-state index is 11.6. The van der Waals surface area contributed by atoms with Crippen molar-refractivity contribution in [1.29, 1.82) is 0 Å². The molecule has 186 valence electrons. The second kappa shape index (κ2) is 9.56. The minimum absolute atomic E-state index is 0.299. The first-order chi connectivity index (χ1) is 16.4. The van der Waals surface area contributed by atoms with Gasteiger partial charge < -0.3 is 19.6 Å². The molecule has 10 heteroatoms. The third kappa shape index (κ3) is 4.52. The molecule has 2 aromatic rings. The Hall–Kier alpha value is -2.62. The summed E-state index contributed by atoms with van der Waals surface area (Å²) in [5, 5.41) is 6.42. The summed E-state index contributed by atoms with van der Waals surface area (Å²) in [5.41, 5.74) is 4.28. The number of rotatable bonds is 8. The van der Waals surface area contributed by atoms with Crippen LogP contribution in [0.2, 0.25) is 0 Å². The van der Waals surface area contributed by atoms with Crippen molar-refractivity contribution in [3.05, 3.63) is 5.82 Å². The Bertz CT molecular complexity index is 1030. The van der Waals surface area contributed by atoms with Gasteiger partial charge >= 0.3 is 6.09 Å². The first-order valence-electron chi connectivity index (χ1n) is 12.9. The highest BCUT2D eigenvalue weighted by molar-refractivity contribution is 5.86. The van der Waals surface area contributed by atoms with E-state index < -0.39 is 12.3 Å². The fourth-order valence-corrected chi connectivity index (χ4v) is 5.33. The van der Waals surface area contributed by atoms with Crippen molar-refractivity contribution >= 4 is 29.0 Å². The number of hydrogen-bond acceptors (Lipinski definition) is 8. The summed E-state index contributed by atoms with van der Waals surface area (Å²) in [6, 6.07) is 0.299. The van der Waals surface area contributed by atoms with Gasteiger partial charge in [0, 0.05) is 26.2 Å². The Morgan fingerprint density at radius 2 is 1.94 bits per heavy atom. The highest BCUT2D eigenvalue weighted by atomic mass is 16.7. The molecule has 10 nitrogen and oxygen atoms in total. The van der Waals surface area contributed by atoms with Crippen LogP contribution >= 0.6 is 0 Å². The fourth-order valence-electron chi connectivity index (χ4n) is 5.33. The van der Waals surface area contributed by atoms with Gasteiger partial charge in [-0.05, 0) is 57.3 Å². The van der Waals surface area contributed by atoms with Crippen LogP contribution in [-0.4, -0.2) is 45.2 Å². The lowest BCUT2D eigenvalue weighted by Crippen LogP contribution is -2.32. The van der Waals surface area contributed by atoms with Crippen LogP contribution in [0.1, 0.15) is 77.7 Å². The highest BCUT2D eigenvalue weighted by Gasteiger charge is 2.31. The van der Waals surface area contributed by atoms with Gasteiger partial charge in [0.25, 0.3) is 0 Å². The second-order valence-electron chi connectivity index (χ2n) is 10.5. The van der Waals surface area contributed by atoms with Crippen molar-refractivity contribution in [1.82, 2.24) is 30.3 Å². The molecule has 1 aliphatic heterocycles. The van der Waals surface area contributed by atoms with Gasteiger partial charge in [0.1, 0.15) is 5.52 Å². The topological polar surface area (TPSA) is 109 Å². The van der Waals surface area contributed by atoms with Gasteiger partial charge in [-0.25, -0.2) is 14.8 Å². The van der Waals surface area contributed by atoms with Gasteiger partial charge in [0.05, 0.1) is 0 Å². The van der Waals surface area contributed by atoms with E-state index in [-0.39, 0.29) is 0 Å². The summed E-state index contributed by atoms with van der Waals surface area (Å²) in [5.74, 6) is 4.24. The summed E-state index contributed by atoms with van der Waals surface area (Å²) < 4.78 is 2.33. The van der Waals surface area contributed by atoms with Gasteiger partial charge in [-0.3, -0.25) is 5.32 Å². The average molecular weight is 471 g/mol. The minimum Gasteiger partial charge on any atom is -0.365 e. The first-order valence-corrected chi connectivity index (χ1v) is 12.9. The summed E-state index contributed by atoms with van der Waals surface area (Å²) >= 11 is 0. The lowest BCUT2D eigenvalue weighted by molar-refractivity contribution is 0.120. The number of hydroxylamine groups is 1. The molecule has 2 aromatic heterocycles. The van der Waals surface area contributed by atoms with E-state index in [0.29, 0.717) is 29.3 Å². The third-order valence-corrected chi connectivity index (χ3v) is 8.00. The van der Waals surface area contributed by atoms with Crippen LogP contribution in [0.5, 0.6) is 0 Å². The van der Waals surface area contributed by atoms with Crippen LogP contribution in [0.25, 0.3) is 11.2 Å². The zero-order valence-corrected chi connectivity index (χ0v) is 20.8. The molecule has 3 aliphatic rings. The SMILES string of the molecule is CCN(C)c1nc2nc(C3NOC(=O)N3)nc(N[C@H](C)C3CCC3)c2n1CC1CCC(C)CC1. The van der Waals surface area contributed by atoms with Crippen LogP contribution in [0.3, 0.4) is 0 Å². The number of fused-ring (bicyclic) bond motifs is 1. The molecular weight excluding hydrogens is 432 g/mol. The predicted octanol–water partition coefficient (Wildman–Crippen LogP) is 3.95. The van der Waals surface area contributed by atoms with Crippen molar-refractivity contribution in [2.45, 2.75) is 84.5 Å². The Morgan fingerprint density at radius 3 is 2.56 bits per heavy atom. The molecule has 1 saturated heterocycles. The van der Waals surface area contributed by atoms with Crippen LogP contribution < -0.4 is 21.0 Å². The van der Waals surface area contributed by atoms with Gasteiger partial charge in [-0.15, -0.1) is 5.48 Å². The Balaban J connectivity index is 1.57. The monoisotopic (exact) mass is 470 g/mol. The number of imidazole rings is 1. The summed E-state index contributed by atoms with van der Waals surface area (Å²) in [6.45, 7) is 8.49. The molecule has 0 aromatic carbocycles. The smallest absolute Gasteiger partial charge is 0.365 e. The maximum Gasteiger partial charge on any atom is 0.427 e. The standard InChI is InChI=1S/C24H38N8O2/c1-5-31(4)23-28-20-18(32(23)13-16-11-9-14(2)10-12-16)19(25-15(3)17-7-6-8-17)26-21(27-20)22-29-24(33)34-30-22/h14-17,22,30H,5-13H2,1-4H3,(H,29,33)(H,25,26,27)/t14?,15-,16?,22?/m1/s1. The van der Waals surface area contributed by atoms with E-state index in [2.05, 4.69) is 53.4 Å². The number of carbonyl (C=O) groups excluding carboxylic acids is 1. The zero-order valence-electron chi connectivity index (χ0n) is 20.8. The summed E-state index contributed by atoms with van der Waals surface area (Å²) in [6.07, 6.45) is 7.70. The number of amides is 1. The van der Waals surface area contributed by atoms with E-state index in [9.17, 15) is 4.79 Å². The predicted molar refractivity (Wildman–Crippen MR) is 131 cm³/mol. The van der Waals surface area contributed by atoms with E-state index in [1.165, 1.54) is 44.9 Å². The quantitative estimate of drug-likeness (QED) is 0.532. The van der Waals surface area contributed by atoms with Gasteiger partial charge in [0.2, 0.25) is 5.95 Å². The molecule has 0 bridgehead atoms. The van der Waals surface area contributed by atoms with Gasteiger partial charge in [-0.2, -0.15) is 4.98 Å². The molecule has 1 unspecified atom stereocenters. The lowest BCUT2D eigenvalue weighted by atomic mass is 9.80. The van der Waals surface area contributed by atoms with E-state index in [0.717, 1.165) is 36.3 Å². The number of hydrogen-bond donors (Lipinski definition) is 3. The van der Waals surface area contributed by atoms with Crippen molar-refractivity contribution in [3.63, 3.8) is 0 Å². The Labute approximate surface area is 201 Å². The van der Waals surface area contributed by atoms with Gasteiger partial charge in [-0.1, -0.05) is 26.2 Å². The van der Waals surface area contributed by atoms with Crippen molar-refractivity contribution < 1.29 is 9.63 Å². The molecular formula is C24H38N8O2. The molecule has 2 aliphatic carbocycles. The molecule has 2 saturated carbocycles. The average Bonchev–Trinajstić information content (AvgIpc) is 3.37. The fraction of sp³-hybridized carbons (Fsp3) is 0.750. The van der Waals surface area contributed by atoms with Crippen LogP contribution in [0, 0.1) is 17.8 Å². The van der Waals surface area contributed by atoms with E-state index in [1.807, 2.05) is 0 Å². The maximum atomic E-state index is 11.6. The first kappa shape index (κ1) is 23.1. The number of carbonyl (C=O) groups is 1. The molecule has 2 atom stereocenters. The summed E-state index contributed by atoms with van der Waals surface area (Å²) in [4.78, 5) is 33.3. The molecule has 3 N–H and O–H groups in total. The normalized spacial score (nSPS) is 26.1. The van der Waals surface area contributed by atoms with Crippen LogP contribution in [0.15, 0.2) is 0 Å². The number of nitrogens with one attached hydrogen (secondary N) is 3. The Kier molecular flexibility index (Phi) is 6.50. The number of aromatic nitrogens is 4. The Morgan fingerprint density at radius 1 is 1.18 bits per heavy atom. The molecule has 0 radical (unpaired) electrons. The van der Waals surface area contributed by atoms with E-state index in [4.69, 9.17) is 19.8 Å². The van der Waals surface area contributed by atoms with Gasteiger partial charge in [0.15, 0.2) is 23.5 Å². The van der Waals surface area contributed by atoms with Crippen LogP contribution in [-0.2, 0) is 11.4 Å². The summed E-state index contributed by atoms with van der Waals surface area (Å²) in [7, 11) is 2.08. The molecule has 5 rings (SSSR count). The number of nitrogens with zero attached hydrogens (tertiary/aromatic N) is 5. The molecule has 3 heterocycles. The minimum atomic E-state index is -0.603. The lowest BCUT2D eigenvalue weighted by Gasteiger charge is -2.32. The van der Waals surface area contributed by atoms with Crippen molar-refractivity contribution in [2.75, 3.05) is 23.8 Å². The zero-order chi connectivity index (χ0) is 23.8. The highest BCUT2D eigenvalue weighted by Crippen LogP contribution is 2.36. The second-order valence-corrected chi connectivity index (χ2v) is 10.5. The molecule has 34 heavy (non-hydrogen) atoms. The number of anilines is 2. The van der Waals surface area contributed by atoms with Crippen molar-refractivity contribution in [2.24, 2.45) is 17.8 Å². The van der Waals surface area contributed by atoms with E-state index >= 15 is 0 Å².